The zero-order chi connectivity index (χ0) is 13.8. The molecule has 0 saturated heterocycles. The van der Waals surface area contributed by atoms with Gasteiger partial charge in [-0.1, -0.05) is 30.0 Å². The average Bonchev–Trinajstić information content (AvgIpc) is 3.17. The van der Waals surface area contributed by atoms with Crippen LogP contribution in [0.25, 0.3) is 5.69 Å². The van der Waals surface area contributed by atoms with Crippen LogP contribution in [0.15, 0.2) is 52.3 Å². The van der Waals surface area contributed by atoms with Gasteiger partial charge in [-0.25, -0.2) is 0 Å². The molecule has 1 unspecified atom stereocenters. The highest BCUT2D eigenvalue weighted by Crippen LogP contribution is 2.34. The molecule has 2 N–H and O–H groups in total. The molecule has 0 bridgehead atoms. The van der Waals surface area contributed by atoms with Crippen LogP contribution in [0.3, 0.4) is 0 Å². The Morgan fingerprint density at radius 3 is 2.80 bits per heavy atom. The number of hydrogen-bond donors (Lipinski definition) is 1. The molecule has 1 aromatic carbocycles. The van der Waals surface area contributed by atoms with E-state index >= 15 is 0 Å². The van der Waals surface area contributed by atoms with Crippen molar-refractivity contribution in [2.24, 2.45) is 5.73 Å². The van der Waals surface area contributed by atoms with Crippen LogP contribution in [-0.4, -0.2) is 26.8 Å². The van der Waals surface area contributed by atoms with Crippen LogP contribution < -0.4 is 5.73 Å². The fraction of sp³-hybridized carbons (Fsp3) is 0.154. The van der Waals surface area contributed by atoms with E-state index < -0.39 is 0 Å². The fourth-order valence-corrected chi connectivity index (χ4v) is 3.58. The second kappa shape index (κ2) is 6.17. The van der Waals surface area contributed by atoms with Gasteiger partial charge >= 0.3 is 0 Å². The lowest BCUT2D eigenvalue weighted by Gasteiger charge is -2.12. The van der Waals surface area contributed by atoms with Crippen LogP contribution in [0.2, 0.25) is 0 Å². The summed E-state index contributed by atoms with van der Waals surface area (Å²) in [7, 11) is 0. The molecule has 0 spiro atoms. The second-order valence-corrected chi connectivity index (χ2v) is 6.06. The zero-order valence-electron chi connectivity index (χ0n) is 10.6. The second-order valence-electron chi connectivity index (χ2n) is 4.11. The molecule has 20 heavy (non-hydrogen) atoms. The molecule has 0 radical (unpaired) electrons. The van der Waals surface area contributed by atoms with E-state index in [1.807, 2.05) is 30.3 Å². The highest BCUT2D eigenvalue weighted by molar-refractivity contribution is 7.99. The van der Waals surface area contributed by atoms with Crippen LogP contribution in [0.5, 0.6) is 0 Å². The monoisotopic (exact) mass is 303 g/mol. The van der Waals surface area contributed by atoms with Gasteiger partial charge in [0.05, 0.1) is 10.9 Å². The predicted octanol–water partition coefficient (Wildman–Crippen LogP) is 2.52. The molecule has 0 fully saturated rings. The number of aromatic nitrogens is 4. The molecular formula is C13H13N5S2. The highest BCUT2D eigenvalue weighted by Gasteiger charge is 2.17. The summed E-state index contributed by atoms with van der Waals surface area (Å²) in [6, 6.07) is 11.9. The van der Waals surface area contributed by atoms with Gasteiger partial charge in [-0.05, 0) is 44.9 Å². The van der Waals surface area contributed by atoms with E-state index in [-0.39, 0.29) is 5.25 Å². The third-order valence-corrected chi connectivity index (χ3v) is 4.73. The largest absolute Gasteiger partial charge is 0.329 e. The lowest BCUT2D eigenvalue weighted by atomic mass is 10.2. The standard InChI is InChI=1S/C13H13N5S2/c14-8-12(10-6-7-19-9-10)20-13-15-16-17-18(13)11-4-2-1-3-5-11/h1-7,9,12H,8,14H2. The lowest BCUT2D eigenvalue weighted by Crippen LogP contribution is -2.10. The summed E-state index contributed by atoms with van der Waals surface area (Å²) in [5.41, 5.74) is 8.03. The normalized spacial score (nSPS) is 12.4. The topological polar surface area (TPSA) is 69.6 Å². The molecule has 3 rings (SSSR count). The van der Waals surface area contributed by atoms with E-state index in [1.165, 1.54) is 5.56 Å². The van der Waals surface area contributed by atoms with Crippen molar-refractivity contribution >= 4 is 23.1 Å². The average molecular weight is 303 g/mol. The predicted molar refractivity (Wildman–Crippen MR) is 81.1 cm³/mol. The van der Waals surface area contributed by atoms with Gasteiger partial charge in [0, 0.05) is 6.54 Å². The van der Waals surface area contributed by atoms with Gasteiger partial charge in [0.25, 0.3) is 0 Å². The zero-order valence-corrected chi connectivity index (χ0v) is 12.2. The molecular weight excluding hydrogens is 290 g/mol. The van der Waals surface area contributed by atoms with E-state index in [0.717, 1.165) is 10.8 Å². The van der Waals surface area contributed by atoms with E-state index in [9.17, 15) is 0 Å². The number of hydrogen-bond acceptors (Lipinski definition) is 6. The molecule has 0 aliphatic carbocycles. The summed E-state index contributed by atoms with van der Waals surface area (Å²) < 4.78 is 1.74. The maximum atomic E-state index is 5.88. The van der Waals surface area contributed by atoms with Crippen LogP contribution in [-0.2, 0) is 0 Å². The van der Waals surface area contributed by atoms with Crippen molar-refractivity contribution in [1.29, 1.82) is 0 Å². The first-order valence-electron chi connectivity index (χ1n) is 6.11. The van der Waals surface area contributed by atoms with Gasteiger partial charge in [-0.3, -0.25) is 0 Å². The smallest absolute Gasteiger partial charge is 0.214 e. The van der Waals surface area contributed by atoms with Gasteiger partial charge in [-0.15, -0.1) is 5.10 Å². The van der Waals surface area contributed by atoms with Gasteiger partial charge in [0.1, 0.15) is 0 Å². The minimum absolute atomic E-state index is 0.162. The number of para-hydroxylation sites is 1. The minimum atomic E-state index is 0.162. The summed E-state index contributed by atoms with van der Waals surface area (Å²) in [5, 5.41) is 17.0. The van der Waals surface area contributed by atoms with Gasteiger partial charge in [0.15, 0.2) is 0 Å². The Morgan fingerprint density at radius 2 is 2.10 bits per heavy atom. The molecule has 0 saturated carbocycles. The van der Waals surface area contributed by atoms with Crippen molar-refractivity contribution in [3.63, 3.8) is 0 Å². The Kier molecular flexibility index (Phi) is 4.10. The van der Waals surface area contributed by atoms with Crippen molar-refractivity contribution < 1.29 is 0 Å². The third kappa shape index (κ3) is 2.74. The minimum Gasteiger partial charge on any atom is -0.329 e. The number of rotatable bonds is 5. The Bertz CT molecular complexity index is 650. The summed E-state index contributed by atoms with van der Waals surface area (Å²) in [6.45, 7) is 0.545. The van der Waals surface area contributed by atoms with Crippen molar-refractivity contribution in [2.75, 3.05) is 6.54 Å². The fourth-order valence-electron chi connectivity index (χ4n) is 1.82. The number of benzene rings is 1. The van der Waals surface area contributed by atoms with E-state index in [0.29, 0.717) is 6.54 Å². The first-order valence-corrected chi connectivity index (χ1v) is 7.93. The Morgan fingerprint density at radius 1 is 1.25 bits per heavy atom. The number of nitrogens with zero attached hydrogens (tertiary/aromatic N) is 4. The number of thioether (sulfide) groups is 1. The third-order valence-electron chi connectivity index (χ3n) is 2.82. The Balaban J connectivity index is 1.87. The molecule has 1 atom stereocenters. The lowest BCUT2D eigenvalue weighted by molar-refractivity contribution is 0.754. The molecule has 2 aromatic heterocycles. The molecule has 0 amide bonds. The maximum absolute atomic E-state index is 5.88. The molecule has 2 heterocycles. The summed E-state index contributed by atoms with van der Waals surface area (Å²) in [6.07, 6.45) is 0. The van der Waals surface area contributed by atoms with Gasteiger partial charge in [-0.2, -0.15) is 16.0 Å². The van der Waals surface area contributed by atoms with Gasteiger partial charge in [0.2, 0.25) is 5.16 Å². The van der Waals surface area contributed by atoms with Crippen molar-refractivity contribution in [3.8, 4) is 5.69 Å². The molecule has 102 valence electrons. The summed E-state index contributed by atoms with van der Waals surface area (Å²) in [4.78, 5) is 0. The van der Waals surface area contributed by atoms with Crippen molar-refractivity contribution in [3.05, 3.63) is 52.7 Å². The highest BCUT2D eigenvalue weighted by atomic mass is 32.2. The van der Waals surface area contributed by atoms with E-state index in [2.05, 4.69) is 32.4 Å². The molecule has 0 aliphatic heterocycles. The Hall–Kier alpha value is -1.70. The Labute approximate surface area is 124 Å². The molecule has 7 heteroatoms. The number of tetrazole rings is 1. The first-order chi connectivity index (χ1) is 9.88. The summed E-state index contributed by atoms with van der Waals surface area (Å²) >= 11 is 3.25. The molecule has 5 nitrogen and oxygen atoms in total. The van der Waals surface area contributed by atoms with Crippen LogP contribution in [0.1, 0.15) is 10.8 Å². The molecule has 0 aliphatic rings. The van der Waals surface area contributed by atoms with E-state index in [1.54, 1.807) is 27.8 Å². The number of thiophene rings is 1. The van der Waals surface area contributed by atoms with Crippen LogP contribution in [0, 0.1) is 0 Å². The van der Waals surface area contributed by atoms with Crippen molar-refractivity contribution in [1.82, 2.24) is 20.2 Å². The van der Waals surface area contributed by atoms with Crippen LogP contribution in [0.4, 0.5) is 0 Å². The number of nitrogens with two attached hydrogens (primary N) is 1. The van der Waals surface area contributed by atoms with Crippen molar-refractivity contribution in [2.45, 2.75) is 10.4 Å². The molecule has 3 aromatic rings. The van der Waals surface area contributed by atoms with E-state index in [4.69, 9.17) is 5.73 Å². The first kappa shape index (κ1) is 13.3. The SMILES string of the molecule is NCC(Sc1nnnn1-c1ccccc1)c1ccsc1. The van der Waals surface area contributed by atoms with Gasteiger partial charge < -0.3 is 5.73 Å². The quantitative estimate of drug-likeness (QED) is 0.733. The maximum Gasteiger partial charge on any atom is 0.214 e. The summed E-state index contributed by atoms with van der Waals surface area (Å²) in [5.74, 6) is 0. The van der Waals surface area contributed by atoms with Crippen LogP contribution >= 0.6 is 23.1 Å².